The molecule has 0 heterocycles. The van der Waals surface area contributed by atoms with Gasteiger partial charge < -0.3 is 20.3 Å². The number of hydrogen-bond donors (Lipinski definition) is 2. The first-order valence-electron chi connectivity index (χ1n) is 11.0. The van der Waals surface area contributed by atoms with Crippen molar-refractivity contribution in [2.75, 3.05) is 6.61 Å². The van der Waals surface area contributed by atoms with Gasteiger partial charge in [0.1, 0.15) is 5.54 Å². The number of nitrogens with two attached hydrogens (primary N) is 1. The normalized spacial score (nSPS) is 30.9. The molecule has 9 heteroatoms. The van der Waals surface area contributed by atoms with Gasteiger partial charge in [-0.15, -0.1) is 0 Å². The lowest BCUT2D eigenvalue weighted by molar-refractivity contribution is -0.159. The molecule has 0 saturated heterocycles. The third kappa shape index (κ3) is 4.76. The lowest BCUT2D eigenvalue weighted by Gasteiger charge is -2.32. The van der Waals surface area contributed by atoms with Crippen molar-refractivity contribution in [1.82, 2.24) is 0 Å². The third-order valence-electron chi connectivity index (χ3n) is 6.58. The number of fused-ring (bicyclic) bond motifs is 1. The van der Waals surface area contributed by atoms with Crippen LogP contribution < -0.4 is 5.73 Å². The number of alkyl halides is 1. The van der Waals surface area contributed by atoms with E-state index in [2.05, 4.69) is 13.8 Å². The summed E-state index contributed by atoms with van der Waals surface area (Å²) in [6.07, 6.45) is 2.71. The van der Waals surface area contributed by atoms with E-state index in [0.717, 1.165) is 19.3 Å². The van der Waals surface area contributed by atoms with Crippen LogP contribution in [-0.2, 0) is 25.7 Å². The van der Waals surface area contributed by atoms with Crippen molar-refractivity contribution in [3.8, 4) is 0 Å². The minimum Gasteiger partial charge on any atom is -0.480 e. The maximum absolute atomic E-state index is 15.5. The summed E-state index contributed by atoms with van der Waals surface area (Å²) in [7, 11) is 0. The number of carboxylic acids is 1. The minimum absolute atomic E-state index is 0.0226. The number of ether oxygens (including phenoxy) is 2. The molecule has 178 valence electrons. The Hall–Kier alpha value is -1.41. The lowest BCUT2D eigenvalue weighted by atomic mass is 9.88. The molecule has 0 radical (unpaired) electrons. The molecule has 1 aromatic carbocycles. The molecule has 0 amide bonds. The number of esters is 1. The van der Waals surface area contributed by atoms with Gasteiger partial charge in [0.2, 0.25) is 5.67 Å². The summed E-state index contributed by atoms with van der Waals surface area (Å²) in [5.41, 5.74) is 2.44. The van der Waals surface area contributed by atoms with Gasteiger partial charge in [-0.25, -0.2) is 9.18 Å². The Balaban J connectivity index is 1.57. The number of aliphatic carboxylic acids is 1. The van der Waals surface area contributed by atoms with E-state index in [1.165, 1.54) is 0 Å². The van der Waals surface area contributed by atoms with Gasteiger partial charge >= 0.3 is 11.9 Å². The van der Waals surface area contributed by atoms with Crippen molar-refractivity contribution >= 4 is 35.1 Å². The fraction of sp³-hybridized carbons (Fsp3) is 0.652. The maximum atomic E-state index is 15.5. The van der Waals surface area contributed by atoms with Crippen LogP contribution >= 0.6 is 23.2 Å². The molecule has 2 fully saturated rings. The van der Waals surface area contributed by atoms with Crippen LogP contribution in [-0.4, -0.2) is 41.0 Å². The molecule has 2 aliphatic rings. The van der Waals surface area contributed by atoms with Gasteiger partial charge in [-0.2, -0.15) is 0 Å². The van der Waals surface area contributed by atoms with Crippen LogP contribution in [0.3, 0.4) is 0 Å². The Kier molecular flexibility index (Phi) is 7.75. The molecule has 2 aliphatic carbocycles. The van der Waals surface area contributed by atoms with Gasteiger partial charge in [0.15, 0.2) is 0 Å². The Morgan fingerprint density at radius 3 is 2.59 bits per heavy atom. The number of benzene rings is 1. The van der Waals surface area contributed by atoms with E-state index in [-0.39, 0.29) is 19.6 Å². The van der Waals surface area contributed by atoms with E-state index in [9.17, 15) is 14.7 Å². The number of carbonyl (C=O) groups excluding carboxylic acids is 1. The minimum atomic E-state index is -2.38. The lowest BCUT2D eigenvalue weighted by Crippen LogP contribution is -2.60. The summed E-state index contributed by atoms with van der Waals surface area (Å²) >= 11 is 11.9. The van der Waals surface area contributed by atoms with Crippen LogP contribution in [0.25, 0.3) is 0 Å². The van der Waals surface area contributed by atoms with Gasteiger partial charge in [0.05, 0.1) is 29.4 Å². The Morgan fingerprint density at radius 2 is 1.97 bits per heavy atom. The number of carboxylic acid groups (broad SMARTS) is 1. The smallest absolute Gasteiger partial charge is 0.344 e. The molecule has 2 saturated carbocycles. The maximum Gasteiger partial charge on any atom is 0.344 e. The molecular formula is C23H30Cl2FNO5. The number of rotatable bonds is 11. The average Bonchev–Trinajstić information content (AvgIpc) is 3.20. The van der Waals surface area contributed by atoms with Crippen LogP contribution in [0.1, 0.15) is 51.5 Å². The fourth-order valence-corrected chi connectivity index (χ4v) is 5.05. The Morgan fingerprint density at radius 1 is 1.25 bits per heavy atom. The molecular weight excluding hydrogens is 460 g/mol. The zero-order chi connectivity index (χ0) is 23.7. The predicted molar refractivity (Wildman–Crippen MR) is 119 cm³/mol. The van der Waals surface area contributed by atoms with Gasteiger partial charge in [-0.1, -0.05) is 62.4 Å². The van der Waals surface area contributed by atoms with E-state index in [1.54, 1.807) is 18.2 Å². The molecule has 1 aromatic rings. The van der Waals surface area contributed by atoms with E-state index < -0.39 is 41.1 Å². The average molecular weight is 490 g/mol. The predicted octanol–water partition coefficient (Wildman–Crippen LogP) is 4.78. The highest BCUT2D eigenvalue weighted by Gasteiger charge is 2.85. The van der Waals surface area contributed by atoms with Gasteiger partial charge in [-0.3, -0.25) is 4.79 Å². The second-order valence-corrected chi connectivity index (χ2v) is 10.1. The fourth-order valence-electron chi connectivity index (χ4n) is 4.73. The third-order valence-corrected chi connectivity index (χ3v) is 7.32. The molecule has 0 unspecified atom stereocenters. The monoisotopic (exact) mass is 489 g/mol. The molecule has 3 rings (SSSR count). The number of carbonyl (C=O) groups is 2. The van der Waals surface area contributed by atoms with Crippen LogP contribution in [0, 0.1) is 17.8 Å². The molecule has 0 bridgehead atoms. The number of unbranched alkanes of at least 4 members (excludes halogenated alkanes) is 2. The zero-order valence-corrected chi connectivity index (χ0v) is 19.8. The van der Waals surface area contributed by atoms with E-state index in [4.69, 9.17) is 38.4 Å². The molecule has 32 heavy (non-hydrogen) atoms. The second kappa shape index (κ2) is 9.84. The quantitative estimate of drug-likeness (QED) is 0.342. The van der Waals surface area contributed by atoms with Crippen LogP contribution in [0.2, 0.25) is 10.0 Å². The van der Waals surface area contributed by atoms with Crippen molar-refractivity contribution in [1.29, 1.82) is 0 Å². The highest BCUT2D eigenvalue weighted by molar-refractivity contribution is 6.42. The van der Waals surface area contributed by atoms with Gasteiger partial charge in [0, 0.05) is 11.8 Å². The van der Waals surface area contributed by atoms with Crippen molar-refractivity contribution in [2.45, 2.75) is 69.9 Å². The van der Waals surface area contributed by atoms with Crippen LogP contribution in [0.4, 0.5) is 4.39 Å². The number of hydrogen-bond acceptors (Lipinski definition) is 5. The highest BCUT2D eigenvalue weighted by Crippen LogP contribution is 2.67. The highest BCUT2D eigenvalue weighted by atomic mass is 35.5. The van der Waals surface area contributed by atoms with Gasteiger partial charge in [0.25, 0.3) is 0 Å². The Labute approximate surface area is 197 Å². The summed E-state index contributed by atoms with van der Waals surface area (Å²) in [4.78, 5) is 24.4. The SMILES string of the molecule is CC(C)CCCCCOC(=O)[C@@]1(F)[C@@H]2C[C@@H](OCc3ccc(Cl)c(Cl)c3)[C@@](N)(C(=O)O)[C@@H]21. The molecule has 0 aliphatic heterocycles. The largest absolute Gasteiger partial charge is 0.480 e. The molecule has 3 N–H and O–H groups in total. The first kappa shape index (κ1) is 25.2. The first-order valence-corrected chi connectivity index (χ1v) is 11.7. The van der Waals surface area contributed by atoms with E-state index in [1.807, 2.05) is 0 Å². The van der Waals surface area contributed by atoms with E-state index >= 15 is 4.39 Å². The standard InChI is InChI=1S/C23H30Cl2FNO5/c1-13(2)6-4-3-5-9-31-21(30)22(26)15-11-18(23(27,19(15)22)20(28)29)32-12-14-7-8-16(24)17(25)10-14/h7-8,10,13,15,18-19H,3-6,9,11-12,27H2,1-2H3,(H,28,29)/t15-,18-,19+,22-,23+/m1/s1. The Bertz CT molecular complexity index is 869. The van der Waals surface area contributed by atoms with Crippen molar-refractivity contribution in [2.24, 2.45) is 23.5 Å². The number of halogens is 3. The summed E-state index contributed by atoms with van der Waals surface area (Å²) in [6.45, 7) is 4.43. The van der Waals surface area contributed by atoms with Crippen molar-refractivity contribution in [3.63, 3.8) is 0 Å². The van der Waals surface area contributed by atoms with Crippen molar-refractivity contribution in [3.05, 3.63) is 33.8 Å². The molecule has 5 atom stereocenters. The second-order valence-electron chi connectivity index (χ2n) is 9.25. The molecule has 0 aromatic heterocycles. The first-order chi connectivity index (χ1) is 15.0. The van der Waals surface area contributed by atoms with Crippen LogP contribution in [0.5, 0.6) is 0 Å². The summed E-state index contributed by atoms with van der Waals surface area (Å²) < 4.78 is 26.4. The molecule has 6 nitrogen and oxygen atoms in total. The van der Waals surface area contributed by atoms with Crippen molar-refractivity contribution < 1.29 is 28.6 Å². The zero-order valence-electron chi connectivity index (χ0n) is 18.3. The summed E-state index contributed by atoms with van der Waals surface area (Å²) in [6, 6.07) is 4.91. The summed E-state index contributed by atoms with van der Waals surface area (Å²) in [5, 5.41) is 10.5. The summed E-state index contributed by atoms with van der Waals surface area (Å²) in [5.74, 6) is -3.82. The van der Waals surface area contributed by atoms with Crippen LogP contribution in [0.15, 0.2) is 18.2 Å². The van der Waals surface area contributed by atoms with E-state index in [0.29, 0.717) is 27.9 Å². The topological polar surface area (TPSA) is 98.9 Å². The van der Waals surface area contributed by atoms with Gasteiger partial charge in [-0.05, 0) is 36.5 Å². The molecule has 0 spiro atoms.